The van der Waals surface area contributed by atoms with Gasteiger partial charge in [0, 0.05) is 23.1 Å². The molecule has 0 aliphatic carbocycles. The minimum atomic E-state index is -0.637. The number of carbonyl (C=O) groups excluding carboxylic acids is 2. The minimum Gasteiger partial charge on any atom is -0.453 e. The lowest BCUT2D eigenvalue weighted by atomic mass is 9.89. The number of H-pyrrole nitrogens is 1. The molecule has 2 aromatic carbocycles. The van der Waals surface area contributed by atoms with E-state index in [2.05, 4.69) is 16.4 Å². The molecule has 0 saturated carbocycles. The van der Waals surface area contributed by atoms with E-state index in [1.165, 1.54) is 12.7 Å². The maximum Gasteiger partial charge on any atom is 0.410 e. The third-order valence-corrected chi connectivity index (χ3v) is 5.87. The van der Waals surface area contributed by atoms with Gasteiger partial charge in [-0.05, 0) is 50.8 Å². The van der Waals surface area contributed by atoms with Crippen molar-refractivity contribution in [1.29, 1.82) is 0 Å². The number of aromatic nitrogens is 1. The van der Waals surface area contributed by atoms with Crippen molar-refractivity contribution in [2.45, 2.75) is 51.3 Å². The second kappa shape index (κ2) is 9.17. The van der Waals surface area contributed by atoms with Crippen molar-refractivity contribution >= 4 is 23.1 Å². The van der Waals surface area contributed by atoms with Gasteiger partial charge in [0.05, 0.1) is 19.2 Å². The van der Waals surface area contributed by atoms with Gasteiger partial charge >= 0.3 is 12.2 Å². The molecule has 3 aromatic rings. The largest absolute Gasteiger partial charge is 0.453 e. The first-order valence-corrected chi connectivity index (χ1v) is 11.2. The molecule has 0 unspecified atom stereocenters. The zero-order chi connectivity index (χ0) is 23.6. The summed E-state index contributed by atoms with van der Waals surface area (Å²) in [5.41, 5.74) is 3.51. The summed E-state index contributed by atoms with van der Waals surface area (Å²) >= 11 is 0. The third kappa shape index (κ3) is 4.97. The molecular formula is C26H31N3O4. The van der Waals surface area contributed by atoms with Gasteiger partial charge in [-0.3, -0.25) is 4.90 Å². The molecule has 0 radical (unpaired) electrons. The van der Waals surface area contributed by atoms with Crippen LogP contribution in [0, 0.1) is 0 Å². The smallest absolute Gasteiger partial charge is 0.410 e. The molecule has 0 spiro atoms. The molecule has 7 heteroatoms. The number of carbonyl (C=O) groups is 2. The number of alkyl carbamates (subject to hydrolysis) is 1. The molecule has 7 nitrogen and oxygen atoms in total. The van der Waals surface area contributed by atoms with Crippen LogP contribution in [0.15, 0.2) is 54.6 Å². The quantitative estimate of drug-likeness (QED) is 0.589. The molecule has 0 bridgehead atoms. The summed E-state index contributed by atoms with van der Waals surface area (Å²) in [5, 5.41) is 4.19. The average molecular weight is 450 g/mol. The summed E-state index contributed by atoms with van der Waals surface area (Å²) in [6.07, 6.45) is 0.285. The molecule has 174 valence electrons. The Morgan fingerprint density at radius 1 is 1.12 bits per heavy atom. The van der Waals surface area contributed by atoms with E-state index in [1.807, 2.05) is 69.3 Å². The summed E-state index contributed by atoms with van der Waals surface area (Å²) in [5.74, 6) is 0. The van der Waals surface area contributed by atoms with E-state index in [4.69, 9.17) is 9.47 Å². The third-order valence-electron chi connectivity index (χ3n) is 5.87. The van der Waals surface area contributed by atoms with E-state index in [0.717, 1.165) is 22.2 Å². The number of para-hydroxylation sites is 1. The van der Waals surface area contributed by atoms with Crippen LogP contribution in [0.5, 0.6) is 0 Å². The fourth-order valence-corrected chi connectivity index (χ4v) is 4.58. The van der Waals surface area contributed by atoms with Gasteiger partial charge in [-0.15, -0.1) is 0 Å². The molecule has 2 amide bonds. The number of ether oxygens (including phenoxy) is 2. The van der Waals surface area contributed by atoms with E-state index < -0.39 is 29.9 Å². The maximum absolute atomic E-state index is 12.9. The highest BCUT2D eigenvalue weighted by Crippen LogP contribution is 2.37. The van der Waals surface area contributed by atoms with Gasteiger partial charge in [0.1, 0.15) is 5.60 Å². The van der Waals surface area contributed by atoms with Gasteiger partial charge in [-0.1, -0.05) is 48.5 Å². The summed E-state index contributed by atoms with van der Waals surface area (Å²) < 4.78 is 10.7. The van der Waals surface area contributed by atoms with Gasteiger partial charge in [-0.25, -0.2) is 9.59 Å². The lowest BCUT2D eigenvalue weighted by molar-refractivity contribution is 0.0434. The molecule has 33 heavy (non-hydrogen) atoms. The Morgan fingerprint density at radius 3 is 2.52 bits per heavy atom. The van der Waals surface area contributed by atoms with E-state index in [0.29, 0.717) is 19.4 Å². The van der Waals surface area contributed by atoms with Gasteiger partial charge in [0.15, 0.2) is 0 Å². The van der Waals surface area contributed by atoms with Crippen LogP contribution in [0.4, 0.5) is 9.59 Å². The van der Waals surface area contributed by atoms with Crippen LogP contribution >= 0.6 is 0 Å². The molecule has 1 aromatic heterocycles. The highest BCUT2D eigenvalue weighted by Gasteiger charge is 2.40. The summed E-state index contributed by atoms with van der Waals surface area (Å²) in [7, 11) is 1.38. The first-order chi connectivity index (χ1) is 15.8. The molecule has 0 saturated heterocycles. The molecular weight excluding hydrogens is 418 g/mol. The minimum absolute atomic E-state index is 0.423. The zero-order valence-electron chi connectivity index (χ0n) is 19.6. The first kappa shape index (κ1) is 22.7. The lowest BCUT2D eigenvalue weighted by Crippen LogP contribution is -2.52. The van der Waals surface area contributed by atoms with Crippen molar-refractivity contribution < 1.29 is 19.1 Å². The number of rotatable bonds is 4. The van der Waals surface area contributed by atoms with Crippen LogP contribution in [0.25, 0.3) is 10.9 Å². The number of nitrogens with zero attached hydrogens (tertiary/aromatic N) is 1. The molecule has 4 rings (SSSR count). The van der Waals surface area contributed by atoms with Gasteiger partial charge < -0.3 is 19.8 Å². The van der Waals surface area contributed by atoms with E-state index >= 15 is 0 Å². The number of amides is 2. The van der Waals surface area contributed by atoms with E-state index in [-0.39, 0.29) is 0 Å². The first-order valence-electron chi connectivity index (χ1n) is 11.2. The number of hydrogen-bond donors (Lipinski definition) is 2. The highest BCUT2D eigenvalue weighted by atomic mass is 16.6. The Labute approximate surface area is 194 Å². The second-order valence-electron chi connectivity index (χ2n) is 9.36. The van der Waals surface area contributed by atoms with Crippen molar-refractivity contribution in [1.82, 2.24) is 15.2 Å². The summed E-state index contributed by atoms with van der Waals surface area (Å²) in [6, 6.07) is 17.1. The Bertz CT molecular complexity index is 1130. The predicted molar refractivity (Wildman–Crippen MR) is 127 cm³/mol. The average Bonchev–Trinajstić information content (AvgIpc) is 3.15. The van der Waals surface area contributed by atoms with Crippen LogP contribution in [0.2, 0.25) is 0 Å². The van der Waals surface area contributed by atoms with Gasteiger partial charge in [-0.2, -0.15) is 0 Å². The molecule has 1 aliphatic heterocycles. The normalized spacial score (nSPS) is 16.7. The van der Waals surface area contributed by atoms with E-state index in [1.54, 1.807) is 4.90 Å². The Hall–Kier alpha value is -3.48. The molecule has 0 fully saturated rings. The second-order valence-corrected chi connectivity index (χ2v) is 9.36. The fourth-order valence-electron chi connectivity index (χ4n) is 4.58. The van der Waals surface area contributed by atoms with Crippen molar-refractivity contribution in [2.75, 3.05) is 13.7 Å². The zero-order valence-corrected chi connectivity index (χ0v) is 19.6. The number of methoxy groups -OCH3 is 1. The number of nitrogens with one attached hydrogen (secondary N) is 2. The Balaban J connectivity index is 1.78. The van der Waals surface area contributed by atoms with Crippen molar-refractivity contribution in [3.63, 3.8) is 0 Å². The number of hydrogen-bond acceptors (Lipinski definition) is 4. The monoisotopic (exact) mass is 449 g/mol. The molecule has 1 aliphatic rings. The van der Waals surface area contributed by atoms with Crippen LogP contribution in [-0.4, -0.2) is 47.4 Å². The predicted octanol–water partition coefficient (Wildman–Crippen LogP) is 4.97. The van der Waals surface area contributed by atoms with Crippen molar-refractivity contribution in [3.05, 3.63) is 71.4 Å². The number of aromatic amines is 1. The SMILES string of the molecule is COC(=O)N1CCc2c([nH]c3ccccc23)[C@H]1[C@H](Cc1ccccc1)NC(=O)OC(C)(C)C. The van der Waals surface area contributed by atoms with Crippen molar-refractivity contribution in [2.24, 2.45) is 0 Å². The Kier molecular flexibility index (Phi) is 6.31. The topological polar surface area (TPSA) is 83.7 Å². The van der Waals surface area contributed by atoms with Crippen LogP contribution in [0.3, 0.4) is 0 Å². The standard InChI is InChI=1S/C26H31N3O4/c1-26(2,3)33-24(30)28-21(16-17-10-6-5-7-11-17)23-22-19(14-15-29(23)25(31)32-4)18-12-8-9-13-20(18)27-22/h5-13,21,23,27H,14-16H2,1-4H3,(H,28,30)/t21-,23+/m0/s1. The number of fused-ring (bicyclic) bond motifs is 3. The molecule has 2 N–H and O–H groups in total. The van der Waals surface area contributed by atoms with Gasteiger partial charge in [0.2, 0.25) is 0 Å². The lowest BCUT2D eigenvalue weighted by Gasteiger charge is -2.39. The molecule has 2 heterocycles. The van der Waals surface area contributed by atoms with Crippen LogP contribution < -0.4 is 5.32 Å². The Morgan fingerprint density at radius 2 is 1.82 bits per heavy atom. The van der Waals surface area contributed by atoms with Crippen molar-refractivity contribution in [3.8, 4) is 0 Å². The maximum atomic E-state index is 12.9. The summed E-state index contributed by atoms with van der Waals surface area (Å²) in [4.78, 5) is 30.9. The van der Waals surface area contributed by atoms with Crippen LogP contribution in [-0.2, 0) is 22.3 Å². The summed E-state index contributed by atoms with van der Waals surface area (Å²) in [6.45, 7) is 5.98. The van der Waals surface area contributed by atoms with E-state index in [9.17, 15) is 9.59 Å². The fraction of sp³-hybridized carbons (Fsp3) is 0.385. The highest BCUT2D eigenvalue weighted by molar-refractivity contribution is 5.86. The van der Waals surface area contributed by atoms with Gasteiger partial charge in [0.25, 0.3) is 0 Å². The number of benzene rings is 2. The van der Waals surface area contributed by atoms with Crippen LogP contribution in [0.1, 0.15) is 43.6 Å². The molecule has 2 atom stereocenters.